The third-order valence-electron chi connectivity index (χ3n) is 3.07. The van der Waals surface area contributed by atoms with Crippen LogP contribution in [-0.4, -0.2) is 18.2 Å². The average molecular weight is 286 g/mol. The van der Waals surface area contributed by atoms with Gasteiger partial charge >= 0.3 is 0 Å². The third kappa shape index (κ3) is 3.66. The molecule has 0 saturated heterocycles. The Balaban J connectivity index is 2.15. The molecule has 0 aromatic heterocycles. The van der Waals surface area contributed by atoms with Gasteiger partial charge in [0, 0.05) is 0 Å². The summed E-state index contributed by atoms with van der Waals surface area (Å²) in [6, 6.07) is 13.1. The molecule has 2 aromatic carbocycles. The van der Waals surface area contributed by atoms with Gasteiger partial charge in [0.25, 0.3) is 0 Å². The molecular formula is C16H18N2O3. The fourth-order valence-electron chi connectivity index (χ4n) is 1.91. The highest BCUT2D eigenvalue weighted by Crippen LogP contribution is 2.21. The maximum atomic E-state index is 8.84. The number of methoxy groups -OCH3 is 1. The van der Waals surface area contributed by atoms with Crippen molar-refractivity contribution in [1.29, 1.82) is 0 Å². The van der Waals surface area contributed by atoms with Crippen molar-refractivity contribution in [3.63, 3.8) is 0 Å². The van der Waals surface area contributed by atoms with Crippen LogP contribution in [0.5, 0.6) is 11.5 Å². The lowest BCUT2D eigenvalue weighted by atomic mass is 10.1. The number of ether oxygens (including phenoxy) is 2. The normalized spacial score (nSPS) is 11.2. The maximum absolute atomic E-state index is 8.84. The molecule has 0 aliphatic rings. The van der Waals surface area contributed by atoms with Gasteiger partial charge in [-0.2, -0.15) is 0 Å². The summed E-state index contributed by atoms with van der Waals surface area (Å²) >= 11 is 0. The van der Waals surface area contributed by atoms with Crippen LogP contribution in [0.3, 0.4) is 0 Å². The van der Waals surface area contributed by atoms with Crippen LogP contribution in [0.25, 0.3) is 0 Å². The van der Waals surface area contributed by atoms with Crippen LogP contribution >= 0.6 is 0 Å². The standard InChI is InChI=1S/C16H18N2O3/c1-11-3-8-15(14(9-11)16(17)18-19)21-10-12-4-6-13(20-2)7-5-12/h3-9,19H,10H2,1-2H3,(H2,17,18). The number of rotatable bonds is 5. The highest BCUT2D eigenvalue weighted by atomic mass is 16.5. The molecule has 2 aromatic rings. The topological polar surface area (TPSA) is 77.1 Å². The van der Waals surface area contributed by atoms with Gasteiger partial charge in [-0.15, -0.1) is 0 Å². The number of nitrogens with zero attached hydrogens (tertiary/aromatic N) is 1. The Kier molecular flexibility index (Phi) is 4.66. The molecule has 5 heteroatoms. The van der Waals surface area contributed by atoms with Crippen LogP contribution in [0.2, 0.25) is 0 Å². The number of amidine groups is 1. The maximum Gasteiger partial charge on any atom is 0.173 e. The fraction of sp³-hybridized carbons (Fsp3) is 0.188. The van der Waals surface area contributed by atoms with E-state index < -0.39 is 0 Å². The fourth-order valence-corrected chi connectivity index (χ4v) is 1.91. The zero-order valence-electron chi connectivity index (χ0n) is 12.0. The summed E-state index contributed by atoms with van der Waals surface area (Å²) in [6.45, 7) is 2.32. The summed E-state index contributed by atoms with van der Waals surface area (Å²) in [5, 5.41) is 11.9. The van der Waals surface area contributed by atoms with Crippen LogP contribution in [0.4, 0.5) is 0 Å². The van der Waals surface area contributed by atoms with Crippen molar-refractivity contribution in [3.8, 4) is 11.5 Å². The van der Waals surface area contributed by atoms with Crippen molar-refractivity contribution in [2.24, 2.45) is 10.9 Å². The minimum absolute atomic E-state index is 0.0310. The second-order valence-corrected chi connectivity index (χ2v) is 4.62. The first-order valence-corrected chi connectivity index (χ1v) is 6.48. The molecule has 0 atom stereocenters. The van der Waals surface area contributed by atoms with Gasteiger partial charge in [-0.25, -0.2) is 0 Å². The molecule has 0 fully saturated rings. The van der Waals surface area contributed by atoms with Gasteiger partial charge in [-0.3, -0.25) is 0 Å². The van der Waals surface area contributed by atoms with Gasteiger partial charge in [-0.1, -0.05) is 28.9 Å². The quantitative estimate of drug-likeness (QED) is 0.383. The largest absolute Gasteiger partial charge is 0.497 e. The summed E-state index contributed by atoms with van der Waals surface area (Å²) in [5.74, 6) is 1.40. The lowest BCUT2D eigenvalue weighted by Crippen LogP contribution is -2.15. The molecule has 0 aliphatic heterocycles. The highest BCUT2D eigenvalue weighted by Gasteiger charge is 2.09. The van der Waals surface area contributed by atoms with E-state index in [1.54, 1.807) is 7.11 Å². The number of nitrogens with two attached hydrogens (primary N) is 1. The number of benzene rings is 2. The Bertz CT molecular complexity index is 636. The van der Waals surface area contributed by atoms with E-state index in [1.165, 1.54) is 0 Å². The lowest BCUT2D eigenvalue weighted by Gasteiger charge is -2.12. The number of hydrogen-bond donors (Lipinski definition) is 2. The molecule has 2 rings (SSSR count). The van der Waals surface area contributed by atoms with E-state index in [9.17, 15) is 0 Å². The molecule has 0 spiro atoms. The molecule has 0 heterocycles. The van der Waals surface area contributed by atoms with Crippen molar-refractivity contribution in [3.05, 3.63) is 59.2 Å². The van der Waals surface area contributed by atoms with Crippen molar-refractivity contribution in [1.82, 2.24) is 0 Å². The first-order valence-electron chi connectivity index (χ1n) is 6.48. The first-order chi connectivity index (χ1) is 10.1. The Morgan fingerprint density at radius 1 is 1.19 bits per heavy atom. The predicted molar refractivity (Wildman–Crippen MR) is 81.0 cm³/mol. The summed E-state index contributed by atoms with van der Waals surface area (Å²) in [6.07, 6.45) is 0. The summed E-state index contributed by atoms with van der Waals surface area (Å²) in [5.41, 5.74) is 8.26. The van der Waals surface area contributed by atoms with Gasteiger partial charge in [0.1, 0.15) is 18.1 Å². The van der Waals surface area contributed by atoms with Crippen molar-refractivity contribution in [2.75, 3.05) is 7.11 Å². The van der Waals surface area contributed by atoms with E-state index >= 15 is 0 Å². The van der Waals surface area contributed by atoms with Gasteiger partial charge < -0.3 is 20.4 Å². The summed E-state index contributed by atoms with van der Waals surface area (Å²) < 4.78 is 10.9. The smallest absolute Gasteiger partial charge is 0.173 e. The van der Waals surface area contributed by atoms with Gasteiger partial charge in [0.2, 0.25) is 0 Å². The molecule has 0 saturated carbocycles. The van der Waals surface area contributed by atoms with Crippen LogP contribution in [0.15, 0.2) is 47.6 Å². The minimum atomic E-state index is 0.0310. The van der Waals surface area contributed by atoms with Crippen LogP contribution < -0.4 is 15.2 Å². The second kappa shape index (κ2) is 6.65. The van der Waals surface area contributed by atoms with Crippen molar-refractivity contribution < 1.29 is 14.7 Å². The van der Waals surface area contributed by atoms with E-state index in [2.05, 4.69) is 5.16 Å². The van der Waals surface area contributed by atoms with E-state index in [0.29, 0.717) is 17.9 Å². The minimum Gasteiger partial charge on any atom is -0.497 e. The Labute approximate surface area is 123 Å². The molecule has 110 valence electrons. The predicted octanol–water partition coefficient (Wildman–Crippen LogP) is 2.68. The molecule has 0 bridgehead atoms. The zero-order valence-corrected chi connectivity index (χ0v) is 12.0. The average Bonchev–Trinajstić information content (AvgIpc) is 2.53. The zero-order chi connectivity index (χ0) is 15.2. The van der Waals surface area contributed by atoms with Gasteiger partial charge in [-0.05, 0) is 36.8 Å². The summed E-state index contributed by atoms with van der Waals surface area (Å²) in [4.78, 5) is 0. The molecule has 21 heavy (non-hydrogen) atoms. The van der Waals surface area contributed by atoms with Gasteiger partial charge in [0.05, 0.1) is 12.7 Å². The monoisotopic (exact) mass is 286 g/mol. The molecule has 3 N–H and O–H groups in total. The molecule has 0 unspecified atom stereocenters. The summed E-state index contributed by atoms with van der Waals surface area (Å²) in [7, 11) is 1.63. The third-order valence-corrected chi connectivity index (χ3v) is 3.07. The van der Waals surface area contributed by atoms with E-state index in [4.69, 9.17) is 20.4 Å². The number of hydrogen-bond acceptors (Lipinski definition) is 4. The molecule has 0 radical (unpaired) electrons. The van der Waals surface area contributed by atoms with Crippen LogP contribution in [-0.2, 0) is 6.61 Å². The van der Waals surface area contributed by atoms with Crippen LogP contribution in [0, 0.1) is 6.92 Å². The Morgan fingerprint density at radius 2 is 1.90 bits per heavy atom. The molecule has 0 aliphatic carbocycles. The molecule has 0 amide bonds. The van der Waals surface area contributed by atoms with Gasteiger partial charge in [0.15, 0.2) is 5.84 Å². The first kappa shape index (κ1) is 14.7. The number of aryl methyl sites for hydroxylation is 1. The van der Waals surface area contributed by atoms with Crippen molar-refractivity contribution in [2.45, 2.75) is 13.5 Å². The van der Waals surface area contributed by atoms with E-state index in [0.717, 1.165) is 16.9 Å². The molecule has 5 nitrogen and oxygen atoms in total. The Morgan fingerprint density at radius 3 is 2.52 bits per heavy atom. The van der Waals surface area contributed by atoms with E-state index in [1.807, 2.05) is 49.4 Å². The highest BCUT2D eigenvalue weighted by molar-refractivity contribution is 5.99. The van der Waals surface area contributed by atoms with E-state index in [-0.39, 0.29) is 5.84 Å². The van der Waals surface area contributed by atoms with Crippen molar-refractivity contribution >= 4 is 5.84 Å². The molecular weight excluding hydrogens is 268 g/mol. The SMILES string of the molecule is COc1ccc(COc2ccc(C)cc2/C(N)=N/O)cc1. The second-order valence-electron chi connectivity index (χ2n) is 4.62. The lowest BCUT2D eigenvalue weighted by molar-refractivity contribution is 0.303. The van der Waals surface area contributed by atoms with Crippen LogP contribution in [0.1, 0.15) is 16.7 Å². The number of oxime groups is 1. The Hall–Kier alpha value is -2.69.